The quantitative estimate of drug-likeness (QED) is 0.498. The van der Waals surface area contributed by atoms with Crippen molar-refractivity contribution in [3.05, 3.63) is 120 Å². The van der Waals surface area contributed by atoms with Gasteiger partial charge < -0.3 is 10.0 Å². The number of nitrogens with zero attached hydrogens (tertiary/aromatic N) is 1. The highest BCUT2D eigenvalue weighted by atomic mass is 16.3. The Hall–Kier alpha value is -3.43. The maximum atomic E-state index is 13.8. The molecule has 0 aliphatic heterocycles. The zero-order chi connectivity index (χ0) is 20.1. The minimum atomic E-state index is -0.428. The van der Waals surface area contributed by atoms with Crippen molar-refractivity contribution in [2.24, 2.45) is 0 Å². The molecule has 0 saturated heterocycles. The lowest BCUT2D eigenvalue weighted by Gasteiger charge is -2.31. The van der Waals surface area contributed by atoms with Crippen LogP contribution in [0.4, 0.5) is 0 Å². The maximum Gasteiger partial charge on any atom is 0.255 e. The molecule has 0 bridgehead atoms. The molecule has 4 aromatic rings. The molecule has 0 aliphatic carbocycles. The van der Waals surface area contributed by atoms with Crippen molar-refractivity contribution < 1.29 is 9.90 Å². The molecule has 0 saturated carbocycles. The number of carbonyl (C=O) groups excluding carboxylic acids is 1. The van der Waals surface area contributed by atoms with Gasteiger partial charge in [0.1, 0.15) is 0 Å². The van der Waals surface area contributed by atoms with Gasteiger partial charge in [-0.1, -0.05) is 97.1 Å². The Labute approximate surface area is 170 Å². The van der Waals surface area contributed by atoms with Crippen molar-refractivity contribution in [3.63, 3.8) is 0 Å². The Morgan fingerprint density at radius 2 is 1.38 bits per heavy atom. The summed E-state index contributed by atoms with van der Waals surface area (Å²) >= 11 is 0. The summed E-state index contributed by atoms with van der Waals surface area (Å²) < 4.78 is 0. The van der Waals surface area contributed by atoms with Gasteiger partial charge in [-0.25, -0.2) is 0 Å². The minimum absolute atomic E-state index is 0.0893. The molecule has 4 rings (SSSR count). The second-order valence-electron chi connectivity index (χ2n) is 7.05. The number of rotatable bonds is 6. The van der Waals surface area contributed by atoms with Crippen LogP contribution in [0.1, 0.15) is 27.5 Å². The number of aliphatic hydroxyl groups is 1. The van der Waals surface area contributed by atoms with Crippen LogP contribution in [-0.4, -0.2) is 22.5 Å². The number of hydrogen-bond acceptors (Lipinski definition) is 2. The third-order valence-electron chi connectivity index (χ3n) is 5.21. The smallest absolute Gasteiger partial charge is 0.255 e. The normalized spacial score (nSPS) is 11.9. The van der Waals surface area contributed by atoms with E-state index in [9.17, 15) is 9.90 Å². The molecular formula is C26H23NO2. The summed E-state index contributed by atoms with van der Waals surface area (Å²) in [5, 5.41) is 12.2. The highest BCUT2D eigenvalue weighted by Gasteiger charge is 2.27. The fraction of sp³-hybridized carbons (Fsp3) is 0.115. The molecule has 0 heterocycles. The number of carbonyl (C=O) groups is 1. The molecular weight excluding hydrogens is 358 g/mol. The van der Waals surface area contributed by atoms with Gasteiger partial charge in [0, 0.05) is 12.1 Å². The van der Waals surface area contributed by atoms with E-state index in [1.807, 2.05) is 103 Å². The molecule has 4 aromatic carbocycles. The van der Waals surface area contributed by atoms with Gasteiger partial charge in [-0.2, -0.15) is 0 Å². The van der Waals surface area contributed by atoms with Crippen molar-refractivity contribution in [2.75, 3.05) is 6.61 Å². The second kappa shape index (κ2) is 8.72. The standard InChI is InChI=1S/C26H23NO2/c28-19-25(22-13-5-2-6-14-22)27(18-20-10-3-1-4-11-20)26(29)24-17-9-15-21-12-7-8-16-23(21)24/h1-17,25,28H,18-19H2/t25-/m0/s1. The molecule has 29 heavy (non-hydrogen) atoms. The Morgan fingerprint density at radius 1 is 0.759 bits per heavy atom. The molecule has 0 unspecified atom stereocenters. The highest BCUT2D eigenvalue weighted by molar-refractivity contribution is 6.07. The third kappa shape index (κ3) is 4.05. The first-order valence-corrected chi connectivity index (χ1v) is 9.76. The van der Waals surface area contributed by atoms with E-state index in [4.69, 9.17) is 0 Å². The number of amides is 1. The first-order chi connectivity index (χ1) is 14.3. The molecule has 0 spiro atoms. The van der Waals surface area contributed by atoms with E-state index in [1.54, 1.807) is 4.90 Å². The summed E-state index contributed by atoms with van der Waals surface area (Å²) in [5.41, 5.74) is 2.59. The minimum Gasteiger partial charge on any atom is -0.394 e. The van der Waals surface area contributed by atoms with E-state index in [1.165, 1.54) is 0 Å². The van der Waals surface area contributed by atoms with Gasteiger partial charge in [0.2, 0.25) is 0 Å². The molecule has 1 N–H and O–H groups in total. The van der Waals surface area contributed by atoms with Crippen LogP contribution >= 0.6 is 0 Å². The summed E-state index contributed by atoms with van der Waals surface area (Å²) in [5.74, 6) is -0.0893. The van der Waals surface area contributed by atoms with E-state index >= 15 is 0 Å². The number of benzene rings is 4. The lowest BCUT2D eigenvalue weighted by atomic mass is 10.00. The Kier molecular flexibility index (Phi) is 5.68. The van der Waals surface area contributed by atoms with Crippen LogP contribution < -0.4 is 0 Å². The molecule has 0 fully saturated rings. The predicted molar refractivity (Wildman–Crippen MR) is 117 cm³/mol. The van der Waals surface area contributed by atoms with Gasteiger partial charge in [-0.3, -0.25) is 4.79 Å². The first-order valence-electron chi connectivity index (χ1n) is 9.76. The van der Waals surface area contributed by atoms with Crippen molar-refractivity contribution in [3.8, 4) is 0 Å². The average Bonchev–Trinajstić information content (AvgIpc) is 2.79. The molecule has 0 aromatic heterocycles. The molecule has 1 atom stereocenters. The summed E-state index contributed by atoms with van der Waals surface area (Å²) in [6.07, 6.45) is 0. The summed E-state index contributed by atoms with van der Waals surface area (Å²) in [6, 6.07) is 32.9. The third-order valence-corrected chi connectivity index (χ3v) is 5.21. The van der Waals surface area contributed by atoms with Gasteiger partial charge in [0.05, 0.1) is 12.6 Å². The molecule has 3 nitrogen and oxygen atoms in total. The Balaban J connectivity index is 1.79. The highest BCUT2D eigenvalue weighted by Crippen LogP contribution is 2.27. The van der Waals surface area contributed by atoms with Crippen molar-refractivity contribution in [1.82, 2.24) is 4.90 Å². The molecule has 0 radical (unpaired) electrons. The van der Waals surface area contributed by atoms with E-state index in [0.717, 1.165) is 21.9 Å². The molecule has 1 amide bonds. The van der Waals surface area contributed by atoms with E-state index in [2.05, 4.69) is 0 Å². The monoisotopic (exact) mass is 381 g/mol. The van der Waals surface area contributed by atoms with Crippen molar-refractivity contribution in [2.45, 2.75) is 12.6 Å². The van der Waals surface area contributed by atoms with E-state index in [-0.39, 0.29) is 12.5 Å². The number of hydrogen-bond donors (Lipinski definition) is 1. The first kappa shape index (κ1) is 18.9. The van der Waals surface area contributed by atoms with Gasteiger partial charge in [0.15, 0.2) is 0 Å². The molecule has 0 aliphatic rings. The van der Waals surface area contributed by atoms with Gasteiger partial charge >= 0.3 is 0 Å². The predicted octanol–water partition coefficient (Wildman–Crippen LogP) is 5.22. The van der Waals surface area contributed by atoms with Crippen LogP contribution in [-0.2, 0) is 6.54 Å². The summed E-state index contributed by atoms with van der Waals surface area (Å²) in [6.45, 7) is 0.274. The van der Waals surface area contributed by atoms with E-state index < -0.39 is 6.04 Å². The molecule has 144 valence electrons. The Bertz CT molecular complexity index is 1090. The van der Waals surface area contributed by atoms with E-state index in [0.29, 0.717) is 12.1 Å². The fourth-order valence-corrected chi connectivity index (χ4v) is 3.73. The lowest BCUT2D eigenvalue weighted by Crippen LogP contribution is -2.36. The van der Waals surface area contributed by atoms with Crippen molar-refractivity contribution >= 4 is 16.7 Å². The lowest BCUT2D eigenvalue weighted by molar-refractivity contribution is 0.0570. The number of fused-ring (bicyclic) bond motifs is 1. The van der Waals surface area contributed by atoms with Crippen LogP contribution in [0.25, 0.3) is 10.8 Å². The van der Waals surface area contributed by atoms with Gasteiger partial charge in [0.25, 0.3) is 5.91 Å². The second-order valence-corrected chi connectivity index (χ2v) is 7.05. The van der Waals surface area contributed by atoms with Gasteiger partial charge in [-0.15, -0.1) is 0 Å². The maximum absolute atomic E-state index is 13.8. The topological polar surface area (TPSA) is 40.5 Å². The largest absolute Gasteiger partial charge is 0.394 e. The average molecular weight is 381 g/mol. The van der Waals surface area contributed by atoms with Crippen LogP contribution in [0.3, 0.4) is 0 Å². The van der Waals surface area contributed by atoms with Crippen molar-refractivity contribution in [1.29, 1.82) is 0 Å². The van der Waals surface area contributed by atoms with Crippen LogP contribution in [0.5, 0.6) is 0 Å². The van der Waals surface area contributed by atoms with Crippen LogP contribution in [0.15, 0.2) is 103 Å². The van der Waals surface area contributed by atoms with Crippen LogP contribution in [0, 0.1) is 0 Å². The SMILES string of the molecule is O=C(c1cccc2ccccc12)N(Cc1ccccc1)[C@@H](CO)c1ccccc1. The zero-order valence-corrected chi connectivity index (χ0v) is 16.1. The zero-order valence-electron chi connectivity index (χ0n) is 16.1. The Morgan fingerprint density at radius 3 is 2.10 bits per heavy atom. The fourth-order valence-electron chi connectivity index (χ4n) is 3.73. The van der Waals surface area contributed by atoms with Crippen LogP contribution in [0.2, 0.25) is 0 Å². The van der Waals surface area contributed by atoms with Gasteiger partial charge in [-0.05, 0) is 28.0 Å². The molecule has 3 heteroatoms. The summed E-state index contributed by atoms with van der Waals surface area (Å²) in [7, 11) is 0. The summed E-state index contributed by atoms with van der Waals surface area (Å²) in [4.78, 5) is 15.5. The number of aliphatic hydroxyl groups excluding tert-OH is 1.